The highest BCUT2D eigenvalue weighted by Crippen LogP contribution is 2.31. The van der Waals surface area contributed by atoms with Crippen LogP contribution >= 0.6 is 12.4 Å². The molecular weight excluding hydrogens is 266 g/mol. The smallest absolute Gasteiger partial charge is 0.230 e. The van der Waals surface area contributed by atoms with Gasteiger partial charge in [0.25, 0.3) is 0 Å². The fourth-order valence-corrected chi connectivity index (χ4v) is 2.85. The van der Waals surface area contributed by atoms with E-state index >= 15 is 0 Å². The summed E-state index contributed by atoms with van der Waals surface area (Å²) < 4.78 is 5.37. The summed E-state index contributed by atoms with van der Waals surface area (Å²) in [5.41, 5.74) is 5.54. The van der Waals surface area contributed by atoms with E-state index in [1.54, 1.807) is 0 Å². The van der Waals surface area contributed by atoms with Crippen LogP contribution < -0.4 is 5.73 Å². The van der Waals surface area contributed by atoms with Crippen molar-refractivity contribution in [2.45, 2.75) is 19.3 Å². The number of halogens is 1. The average molecular weight is 292 g/mol. The third kappa shape index (κ3) is 3.81. The maximum absolute atomic E-state index is 12.7. The van der Waals surface area contributed by atoms with Crippen LogP contribution in [-0.2, 0) is 9.53 Å². The van der Waals surface area contributed by atoms with Crippen molar-refractivity contribution in [3.8, 4) is 0 Å². The molecule has 0 aromatic heterocycles. The zero-order chi connectivity index (χ0) is 13.0. The molecule has 112 valence electrons. The number of amides is 1. The molecule has 2 saturated heterocycles. The molecule has 5 nitrogen and oxygen atoms in total. The Morgan fingerprint density at radius 1 is 1.21 bits per heavy atom. The van der Waals surface area contributed by atoms with E-state index in [0.717, 1.165) is 45.4 Å². The van der Waals surface area contributed by atoms with E-state index in [4.69, 9.17) is 10.5 Å². The van der Waals surface area contributed by atoms with Crippen LogP contribution in [0.2, 0.25) is 0 Å². The molecule has 2 aliphatic heterocycles. The molecule has 0 aromatic carbocycles. The number of nitrogens with zero attached hydrogens (tertiary/aromatic N) is 2. The molecule has 2 heterocycles. The second-order valence-electron chi connectivity index (χ2n) is 5.55. The molecule has 2 N–H and O–H groups in total. The highest BCUT2D eigenvalue weighted by atomic mass is 35.5. The van der Waals surface area contributed by atoms with Crippen molar-refractivity contribution in [1.29, 1.82) is 0 Å². The number of ether oxygens (including phenoxy) is 1. The van der Waals surface area contributed by atoms with Crippen molar-refractivity contribution in [2.24, 2.45) is 11.1 Å². The van der Waals surface area contributed by atoms with Gasteiger partial charge in [0.2, 0.25) is 5.91 Å². The Hall–Kier alpha value is -0.360. The monoisotopic (exact) mass is 291 g/mol. The van der Waals surface area contributed by atoms with Gasteiger partial charge in [-0.3, -0.25) is 4.79 Å². The lowest BCUT2D eigenvalue weighted by Crippen LogP contribution is -2.51. The zero-order valence-corrected chi connectivity index (χ0v) is 12.6. The second-order valence-corrected chi connectivity index (χ2v) is 5.55. The summed E-state index contributed by atoms with van der Waals surface area (Å²) in [6.45, 7) is 5.50. The summed E-state index contributed by atoms with van der Waals surface area (Å²) in [5.74, 6) is 0.253. The minimum Gasteiger partial charge on any atom is -0.381 e. The first-order chi connectivity index (χ1) is 8.68. The molecule has 0 radical (unpaired) electrons. The summed E-state index contributed by atoms with van der Waals surface area (Å²) in [6.07, 6.45) is 2.60. The zero-order valence-electron chi connectivity index (χ0n) is 11.8. The van der Waals surface area contributed by atoms with Crippen LogP contribution in [0.25, 0.3) is 0 Å². The Bertz CT molecular complexity index is 296. The van der Waals surface area contributed by atoms with Gasteiger partial charge in [-0.15, -0.1) is 12.4 Å². The van der Waals surface area contributed by atoms with Crippen LogP contribution in [0.4, 0.5) is 0 Å². The van der Waals surface area contributed by atoms with E-state index in [9.17, 15) is 4.79 Å². The molecule has 1 amide bonds. The summed E-state index contributed by atoms with van der Waals surface area (Å²) in [5, 5.41) is 0. The van der Waals surface area contributed by atoms with Gasteiger partial charge in [0.1, 0.15) is 0 Å². The van der Waals surface area contributed by atoms with E-state index in [-0.39, 0.29) is 23.7 Å². The van der Waals surface area contributed by atoms with Gasteiger partial charge in [0, 0.05) is 39.4 Å². The molecule has 0 aliphatic carbocycles. The normalized spacial score (nSPS) is 24.4. The van der Waals surface area contributed by atoms with Crippen LogP contribution in [0.15, 0.2) is 0 Å². The molecule has 0 unspecified atom stereocenters. The summed E-state index contributed by atoms with van der Waals surface area (Å²) >= 11 is 0. The molecule has 0 atom stereocenters. The number of likely N-dealkylation sites (N-methyl/N-ethyl adjacent to an activating group) is 1. The Morgan fingerprint density at radius 2 is 1.89 bits per heavy atom. The minimum absolute atomic E-state index is 0. The lowest BCUT2D eigenvalue weighted by Gasteiger charge is -2.38. The molecule has 2 aliphatic rings. The lowest BCUT2D eigenvalue weighted by atomic mass is 9.79. The van der Waals surface area contributed by atoms with E-state index < -0.39 is 0 Å². The van der Waals surface area contributed by atoms with Crippen molar-refractivity contribution < 1.29 is 9.53 Å². The third-order valence-electron chi connectivity index (χ3n) is 4.30. The van der Waals surface area contributed by atoms with Gasteiger partial charge in [-0.25, -0.2) is 0 Å². The van der Waals surface area contributed by atoms with Crippen LogP contribution in [0, 0.1) is 5.41 Å². The van der Waals surface area contributed by atoms with Crippen molar-refractivity contribution >= 4 is 18.3 Å². The first kappa shape index (κ1) is 16.7. The van der Waals surface area contributed by atoms with Crippen LogP contribution in [0.5, 0.6) is 0 Å². The average Bonchev–Trinajstić information content (AvgIpc) is 2.63. The summed E-state index contributed by atoms with van der Waals surface area (Å²) in [6, 6.07) is 0. The summed E-state index contributed by atoms with van der Waals surface area (Å²) in [7, 11) is 2.11. The first-order valence-electron chi connectivity index (χ1n) is 6.94. The largest absolute Gasteiger partial charge is 0.381 e. The molecular formula is C13H26ClN3O2. The van der Waals surface area contributed by atoms with Gasteiger partial charge in [0.15, 0.2) is 0 Å². The van der Waals surface area contributed by atoms with Crippen LogP contribution in [-0.4, -0.2) is 68.7 Å². The molecule has 2 fully saturated rings. The highest BCUT2D eigenvalue weighted by molar-refractivity contribution is 5.85. The summed E-state index contributed by atoms with van der Waals surface area (Å²) in [4.78, 5) is 17.0. The Balaban J connectivity index is 0.00000180. The number of hydrogen-bond acceptors (Lipinski definition) is 4. The van der Waals surface area contributed by atoms with Gasteiger partial charge < -0.3 is 20.3 Å². The fraction of sp³-hybridized carbons (Fsp3) is 0.923. The molecule has 19 heavy (non-hydrogen) atoms. The quantitative estimate of drug-likeness (QED) is 0.796. The Morgan fingerprint density at radius 3 is 2.53 bits per heavy atom. The van der Waals surface area contributed by atoms with E-state index in [0.29, 0.717) is 19.8 Å². The van der Waals surface area contributed by atoms with E-state index in [1.165, 1.54) is 0 Å². The number of rotatable bonds is 2. The van der Waals surface area contributed by atoms with Crippen LogP contribution in [0.3, 0.4) is 0 Å². The predicted octanol–water partition coefficient (Wildman–Crippen LogP) is 0.328. The molecule has 0 spiro atoms. The molecule has 0 aromatic rings. The van der Waals surface area contributed by atoms with Gasteiger partial charge >= 0.3 is 0 Å². The number of carbonyl (C=O) groups is 1. The Kier molecular flexibility index (Phi) is 6.53. The SMILES string of the molecule is CN1CCCN(C(=O)C2(CN)CCOCC2)CC1.Cl. The van der Waals surface area contributed by atoms with Crippen molar-refractivity contribution in [1.82, 2.24) is 9.80 Å². The van der Waals surface area contributed by atoms with E-state index in [1.807, 2.05) is 4.90 Å². The maximum Gasteiger partial charge on any atom is 0.230 e. The van der Waals surface area contributed by atoms with E-state index in [2.05, 4.69) is 11.9 Å². The van der Waals surface area contributed by atoms with Gasteiger partial charge in [-0.1, -0.05) is 0 Å². The topological polar surface area (TPSA) is 58.8 Å². The molecule has 0 saturated carbocycles. The number of carbonyl (C=O) groups excluding carboxylic acids is 1. The standard InChI is InChI=1S/C13H25N3O2.ClH/c1-15-5-2-6-16(8-7-15)12(17)13(11-14)3-9-18-10-4-13;/h2-11,14H2,1H3;1H. The maximum atomic E-state index is 12.7. The predicted molar refractivity (Wildman–Crippen MR) is 77.5 cm³/mol. The molecule has 6 heteroatoms. The Labute approximate surface area is 121 Å². The second kappa shape index (κ2) is 7.43. The lowest BCUT2D eigenvalue weighted by molar-refractivity contribution is -0.147. The molecule has 2 rings (SSSR count). The molecule has 0 bridgehead atoms. The minimum atomic E-state index is -0.360. The van der Waals surface area contributed by atoms with Crippen molar-refractivity contribution in [3.05, 3.63) is 0 Å². The van der Waals surface area contributed by atoms with Gasteiger partial charge in [0.05, 0.1) is 5.41 Å². The number of hydrogen-bond donors (Lipinski definition) is 1. The van der Waals surface area contributed by atoms with Gasteiger partial charge in [-0.2, -0.15) is 0 Å². The third-order valence-corrected chi connectivity index (χ3v) is 4.30. The highest BCUT2D eigenvalue weighted by Gasteiger charge is 2.41. The van der Waals surface area contributed by atoms with Crippen molar-refractivity contribution in [3.63, 3.8) is 0 Å². The first-order valence-corrected chi connectivity index (χ1v) is 6.94. The van der Waals surface area contributed by atoms with Gasteiger partial charge in [-0.05, 0) is 32.9 Å². The fourth-order valence-electron chi connectivity index (χ4n) is 2.85. The van der Waals surface area contributed by atoms with Crippen LogP contribution in [0.1, 0.15) is 19.3 Å². The number of nitrogens with two attached hydrogens (primary N) is 1. The van der Waals surface area contributed by atoms with Crippen molar-refractivity contribution in [2.75, 3.05) is 53.0 Å².